The number of esters is 4. The number of aromatic hydroxyl groups is 1. The molecule has 0 aliphatic carbocycles. The van der Waals surface area contributed by atoms with Crippen molar-refractivity contribution in [3.63, 3.8) is 0 Å². The van der Waals surface area contributed by atoms with Crippen LogP contribution in [0.5, 0.6) is 5.75 Å². The molecule has 0 radical (unpaired) electrons. The Morgan fingerprint density at radius 1 is 0.282 bits per heavy atom. The van der Waals surface area contributed by atoms with Crippen LogP contribution in [0.25, 0.3) is 22.3 Å². The lowest BCUT2D eigenvalue weighted by Gasteiger charge is -2.16. The Morgan fingerprint density at radius 3 is 0.882 bits per heavy atom. The van der Waals surface area contributed by atoms with Gasteiger partial charge in [0.25, 0.3) is 0 Å². The van der Waals surface area contributed by atoms with E-state index in [1.165, 1.54) is 190 Å². The average molecular weight is 1170 g/mol. The summed E-state index contributed by atoms with van der Waals surface area (Å²) < 4.78 is 23.0. The van der Waals surface area contributed by atoms with Crippen LogP contribution in [0, 0.1) is 0 Å². The summed E-state index contributed by atoms with van der Waals surface area (Å²) in [6.07, 6.45) is 45.9. The second-order valence-electron chi connectivity index (χ2n) is 23.6. The third kappa shape index (κ3) is 33.9. The number of carbonyl (C=O) groups excluding carboxylic acids is 4. The molecule has 0 atom stereocenters. The number of carbonyl (C=O) groups is 4. The van der Waals surface area contributed by atoms with Gasteiger partial charge in [0.05, 0.1) is 37.6 Å². The van der Waals surface area contributed by atoms with Crippen LogP contribution in [0.3, 0.4) is 0 Å². The second-order valence-corrected chi connectivity index (χ2v) is 23.6. The van der Waals surface area contributed by atoms with E-state index < -0.39 is 29.6 Å². The summed E-state index contributed by atoms with van der Waals surface area (Å²) in [5, 5.41) is 11.8. The van der Waals surface area contributed by atoms with Crippen LogP contribution in [0.4, 0.5) is 0 Å². The van der Waals surface area contributed by atoms with Crippen LogP contribution in [-0.4, -0.2) is 55.4 Å². The third-order valence-electron chi connectivity index (χ3n) is 16.2. The van der Waals surface area contributed by atoms with Crippen molar-refractivity contribution in [2.45, 2.75) is 285 Å². The van der Waals surface area contributed by atoms with Crippen LogP contribution in [0.15, 0.2) is 91.0 Å². The number of unbranched alkanes of at least 4 members (excludes halogenated alkanes) is 36. The van der Waals surface area contributed by atoms with Crippen LogP contribution in [-0.2, 0) is 18.9 Å². The number of phenols is 1. The first-order valence-electron chi connectivity index (χ1n) is 34.6. The highest BCUT2D eigenvalue weighted by atomic mass is 16.5. The summed E-state index contributed by atoms with van der Waals surface area (Å²) in [6.45, 7) is 9.73. The number of phenolic OH excluding ortho intramolecular Hbond substituents is 1. The molecule has 0 heterocycles. The van der Waals surface area contributed by atoms with Crippen LogP contribution in [0.2, 0.25) is 0 Å². The van der Waals surface area contributed by atoms with Gasteiger partial charge in [0, 0.05) is 5.56 Å². The Hall–Kier alpha value is -5.44. The van der Waals surface area contributed by atoms with Gasteiger partial charge in [-0.05, 0) is 60.6 Å². The van der Waals surface area contributed by atoms with E-state index in [2.05, 4.69) is 76.2 Å². The molecule has 0 fully saturated rings. The van der Waals surface area contributed by atoms with Crippen molar-refractivity contribution >= 4 is 23.9 Å². The number of hydrogen-bond acceptors (Lipinski definition) is 9. The molecular weight excluding hydrogens is 1060 g/mol. The standard InChI is InChI=1S/C64H106O9.C12H10/c1-5-9-13-17-21-25-29-33-37-41-49-70-61(66)56-46-45-54(53-58(56)63(68)72-51-43-39-35-31-27-23-19-15-11-7-3)55-47-48-57(62(67)71-50-42-38-34-30-26-22-18-14-10-6-2)60(65)59(55)64(69)73-52-44-40-36-32-28-24-20-16-12-8-4;1-3-7-11(8-4-1)12-9-5-2-6-10-12/h45-48,53,65H,5-44,49-52H2,1-4H3;1-10H. The van der Waals surface area contributed by atoms with E-state index in [1.54, 1.807) is 12.1 Å². The summed E-state index contributed by atoms with van der Waals surface area (Å²) >= 11 is 0. The number of rotatable bonds is 50. The fourth-order valence-electron chi connectivity index (χ4n) is 10.8. The Kier molecular flexibility index (Phi) is 44.0. The molecule has 0 saturated heterocycles. The highest BCUT2D eigenvalue weighted by Gasteiger charge is 2.28. The van der Waals surface area contributed by atoms with Crippen molar-refractivity contribution in [2.24, 2.45) is 0 Å². The van der Waals surface area contributed by atoms with Gasteiger partial charge in [-0.15, -0.1) is 0 Å². The molecule has 0 bridgehead atoms. The van der Waals surface area contributed by atoms with Crippen LogP contribution < -0.4 is 0 Å². The zero-order valence-electron chi connectivity index (χ0n) is 54.0. The molecule has 0 aliphatic heterocycles. The van der Waals surface area contributed by atoms with Gasteiger partial charge in [-0.1, -0.05) is 332 Å². The van der Waals surface area contributed by atoms with Crippen molar-refractivity contribution in [3.8, 4) is 28.0 Å². The molecular formula is C76H116O9. The molecule has 4 aromatic carbocycles. The molecule has 9 heteroatoms. The van der Waals surface area contributed by atoms with Crippen molar-refractivity contribution in [1.82, 2.24) is 0 Å². The first-order chi connectivity index (χ1) is 41.8. The highest BCUT2D eigenvalue weighted by molar-refractivity contribution is 6.07. The van der Waals surface area contributed by atoms with Gasteiger partial charge in [0.1, 0.15) is 16.9 Å². The normalized spacial score (nSPS) is 11.0. The molecule has 85 heavy (non-hydrogen) atoms. The Bertz CT molecular complexity index is 2270. The maximum absolute atomic E-state index is 14.1. The van der Waals surface area contributed by atoms with Crippen molar-refractivity contribution in [1.29, 1.82) is 0 Å². The molecule has 0 aliphatic rings. The first kappa shape index (κ1) is 73.8. The van der Waals surface area contributed by atoms with E-state index in [0.717, 1.165) is 77.0 Å². The van der Waals surface area contributed by atoms with E-state index in [1.807, 2.05) is 12.1 Å². The largest absolute Gasteiger partial charge is 0.506 e. The second kappa shape index (κ2) is 50.7. The summed E-state index contributed by atoms with van der Waals surface area (Å²) in [4.78, 5) is 55.2. The van der Waals surface area contributed by atoms with Gasteiger partial charge in [0.15, 0.2) is 0 Å². The van der Waals surface area contributed by atoms with Gasteiger partial charge < -0.3 is 24.1 Å². The fourth-order valence-corrected chi connectivity index (χ4v) is 10.8. The third-order valence-corrected chi connectivity index (χ3v) is 16.2. The van der Waals surface area contributed by atoms with E-state index >= 15 is 0 Å². The van der Waals surface area contributed by atoms with Crippen LogP contribution >= 0.6 is 0 Å². The molecule has 4 aromatic rings. The monoisotopic (exact) mass is 1170 g/mol. The van der Waals surface area contributed by atoms with Crippen molar-refractivity contribution in [3.05, 3.63) is 113 Å². The van der Waals surface area contributed by atoms with E-state index in [9.17, 15) is 24.3 Å². The van der Waals surface area contributed by atoms with Crippen LogP contribution in [0.1, 0.15) is 326 Å². The minimum atomic E-state index is -0.780. The molecule has 1 N–H and O–H groups in total. The molecule has 0 aromatic heterocycles. The lowest BCUT2D eigenvalue weighted by molar-refractivity contribution is 0.0450. The lowest BCUT2D eigenvalue weighted by atomic mass is 9.93. The van der Waals surface area contributed by atoms with Gasteiger partial charge in [-0.3, -0.25) is 0 Å². The number of ether oxygens (including phenoxy) is 4. The molecule has 0 unspecified atom stereocenters. The Labute approximate surface area is 516 Å². The molecule has 0 spiro atoms. The maximum Gasteiger partial charge on any atom is 0.342 e. The minimum Gasteiger partial charge on any atom is -0.506 e. The SMILES string of the molecule is CCCCCCCCCCCCOC(=O)c1ccc(-c2ccc(C(=O)OCCCCCCCCCCCC)c(O)c2C(=O)OCCCCCCCCCCCC)cc1C(=O)OCCCCCCCCCCCC.c1ccc(-c2ccccc2)cc1. The first-order valence-corrected chi connectivity index (χ1v) is 34.6. The topological polar surface area (TPSA) is 125 Å². The van der Waals surface area contributed by atoms with Crippen molar-refractivity contribution < 1.29 is 43.2 Å². The molecule has 0 saturated carbocycles. The summed E-state index contributed by atoms with van der Waals surface area (Å²) in [7, 11) is 0. The van der Waals surface area contributed by atoms with E-state index in [4.69, 9.17) is 18.9 Å². The Balaban J connectivity index is 0.00000138. The molecule has 9 nitrogen and oxygen atoms in total. The summed E-state index contributed by atoms with van der Waals surface area (Å²) in [6, 6.07) is 28.5. The minimum absolute atomic E-state index is 0.0156. The average Bonchev–Trinajstić information content (AvgIpc) is 3.66. The lowest BCUT2D eigenvalue weighted by Crippen LogP contribution is -2.16. The van der Waals surface area contributed by atoms with E-state index in [0.29, 0.717) is 24.8 Å². The van der Waals surface area contributed by atoms with Gasteiger partial charge in [0.2, 0.25) is 0 Å². The Morgan fingerprint density at radius 2 is 0.553 bits per heavy atom. The number of hydrogen-bond donors (Lipinski definition) is 1. The number of benzene rings is 4. The zero-order valence-corrected chi connectivity index (χ0v) is 54.0. The zero-order chi connectivity index (χ0) is 61.1. The molecule has 474 valence electrons. The van der Waals surface area contributed by atoms with E-state index in [-0.39, 0.29) is 54.2 Å². The predicted octanol–water partition coefficient (Wildman–Crippen LogP) is 22.7. The molecule has 4 rings (SSSR count). The quantitative estimate of drug-likeness (QED) is 0.0261. The fraction of sp³-hybridized carbons (Fsp3) is 0.632. The molecule has 0 amide bonds. The van der Waals surface area contributed by atoms with Gasteiger partial charge in [-0.2, -0.15) is 0 Å². The predicted molar refractivity (Wildman–Crippen MR) is 354 cm³/mol. The van der Waals surface area contributed by atoms with Crippen molar-refractivity contribution in [2.75, 3.05) is 26.4 Å². The summed E-state index contributed by atoms with van der Waals surface area (Å²) in [5.74, 6) is -3.32. The summed E-state index contributed by atoms with van der Waals surface area (Å²) in [5.41, 5.74) is 2.95. The highest BCUT2D eigenvalue weighted by Crippen LogP contribution is 2.36. The maximum atomic E-state index is 14.1. The van der Waals surface area contributed by atoms with Gasteiger partial charge >= 0.3 is 23.9 Å². The van der Waals surface area contributed by atoms with Gasteiger partial charge in [-0.25, -0.2) is 19.2 Å². The smallest absolute Gasteiger partial charge is 0.342 e.